The van der Waals surface area contributed by atoms with Gasteiger partial charge in [0.2, 0.25) is 11.6 Å². The van der Waals surface area contributed by atoms with Crippen LogP contribution >= 0.6 is 7.82 Å². The van der Waals surface area contributed by atoms with Crippen molar-refractivity contribution in [2.75, 3.05) is 6.61 Å². The maximum absolute atomic E-state index is 15.2. The van der Waals surface area contributed by atoms with Crippen molar-refractivity contribution in [1.82, 2.24) is 0 Å². The highest BCUT2D eigenvalue weighted by molar-refractivity contribution is 7.49. The average Bonchev–Trinajstić information content (AvgIpc) is 3.65. The molecule has 65 heavy (non-hydrogen) atoms. The Labute approximate surface area is 387 Å². The molecule has 8 saturated heterocycles. The van der Waals surface area contributed by atoms with Gasteiger partial charge in [-0.25, -0.2) is 24.1 Å². The van der Waals surface area contributed by atoms with Gasteiger partial charge < -0.3 is 28.0 Å². The molecule has 12 rings (SSSR count). The zero-order valence-corrected chi connectivity index (χ0v) is 41.3. The van der Waals surface area contributed by atoms with Gasteiger partial charge in [-0.15, -0.1) is 0 Å². The Morgan fingerprint density at radius 3 is 1.40 bits per heavy atom. The predicted molar refractivity (Wildman–Crippen MR) is 242 cm³/mol. The Bertz CT molecular complexity index is 1910. The number of phosphoric ester groups is 1. The first-order valence-electron chi connectivity index (χ1n) is 25.2. The van der Waals surface area contributed by atoms with Gasteiger partial charge in [0.05, 0.1) is 18.8 Å². The summed E-state index contributed by atoms with van der Waals surface area (Å²) in [6.45, 7) is 21.9. The minimum absolute atomic E-state index is 0.0707. The zero-order chi connectivity index (χ0) is 45.7. The van der Waals surface area contributed by atoms with Gasteiger partial charge in [0.25, 0.3) is 0 Å². The van der Waals surface area contributed by atoms with E-state index < -0.39 is 43.2 Å². The third-order valence-corrected chi connectivity index (χ3v) is 19.1. The molecular weight excluding hydrogens is 848 g/mol. The Morgan fingerprint density at radius 1 is 0.585 bits per heavy atom. The fourth-order valence-corrected chi connectivity index (χ4v) is 15.0. The van der Waals surface area contributed by atoms with E-state index in [1.165, 1.54) is 0 Å². The molecule has 4 bridgehead atoms. The van der Waals surface area contributed by atoms with E-state index in [1.54, 1.807) is 0 Å². The summed E-state index contributed by atoms with van der Waals surface area (Å²) in [7, 11) is -4.28. The van der Waals surface area contributed by atoms with Crippen LogP contribution in [0, 0.1) is 53.3 Å². The summed E-state index contributed by atoms with van der Waals surface area (Å²) in [5, 5.41) is 0. The first-order chi connectivity index (χ1) is 30.9. The highest BCUT2D eigenvalue weighted by Gasteiger charge is 2.71. The van der Waals surface area contributed by atoms with Crippen molar-refractivity contribution < 1.29 is 56.6 Å². The van der Waals surface area contributed by atoms with Crippen LogP contribution < -0.4 is 9.05 Å². The summed E-state index contributed by atoms with van der Waals surface area (Å²) >= 11 is 0. The van der Waals surface area contributed by atoms with Gasteiger partial charge in [0, 0.05) is 24.7 Å². The van der Waals surface area contributed by atoms with Gasteiger partial charge in [-0.05, 0) is 154 Å². The van der Waals surface area contributed by atoms with Gasteiger partial charge in [0.15, 0.2) is 23.8 Å². The maximum Gasteiger partial charge on any atom is 0.587 e. The minimum Gasteiger partial charge on any atom is -0.395 e. The summed E-state index contributed by atoms with van der Waals surface area (Å²) in [5.74, 6) is 1.48. The number of benzene rings is 2. The van der Waals surface area contributed by atoms with Gasteiger partial charge in [-0.1, -0.05) is 79.7 Å². The summed E-state index contributed by atoms with van der Waals surface area (Å²) in [4.78, 5) is 25.4. The first-order valence-corrected chi connectivity index (χ1v) is 26.6. The predicted octanol–water partition coefficient (Wildman–Crippen LogP) is 12.4. The van der Waals surface area contributed by atoms with Crippen molar-refractivity contribution >= 4 is 7.82 Å². The van der Waals surface area contributed by atoms with Crippen LogP contribution in [0.1, 0.15) is 156 Å². The van der Waals surface area contributed by atoms with Gasteiger partial charge >= 0.3 is 7.82 Å². The molecule has 12 nitrogen and oxygen atoms in total. The molecule has 2 aromatic rings. The van der Waals surface area contributed by atoms with E-state index in [-0.39, 0.29) is 60.2 Å². The van der Waals surface area contributed by atoms with E-state index in [1.807, 2.05) is 62.4 Å². The van der Waals surface area contributed by atoms with E-state index >= 15 is 4.57 Å². The fourth-order valence-electron chi connectivity index (χ4n) is 13.7. The molecule has 0 radical (unpaired) electrons. The molecule has 2 aromatic carbocycles. The second-order valence-electron chi connectivity index (χ2n) is 22.6. The Kier molecular flexibility index (Phi) is 12.5. The van der Waals surface area contributed by atoms with Gasteiger partial charge in [-0.3, -0.25) is 4.52 Å². The van der Waals surface area contributed by atoms with Crippen LogP contribution in [0.15, 0.2) is 48.5 Å². The van der Waals surface area contributed by atoms with Gasteiger partial charge in [-0.2, -0.15) is 0 Å². The second kappa shape index (κ2) is 17.4. The summed E-state index contributed by atoms with van der Waals surface area (Å²) in [6.07, 6.45) is 7.25. The van der Waals surface area contributed by atoms with Crippen LogP contribution in [0.3, 0.4) is 0 Å². The quantitative estimate of drug-likeness (QED) is 0.141. The molecule has 0 aromatic heterocycles. The molecule has 10 fully saturated rings. The molecule has 0 unspecified atom stereocenters. The lowest BCUT2D eigenvalue weighted by molar-refractivity contribution is -0.571. The first kappa shape index (κ1) is 46.6. The number of hydrogen-bond donors (Lipinski definition) is 0. The highest BCUT2D eigenvalue weighted by atomic mass is 31.2. The van der Waals surface area contributed by atoms with E-state index in [2.05, 4.69) is 55.4 Å². The van der Waals surface area contributed by atoms with Crippen molar-refractivity contribution in [3.63, 3.8) is 0 Å². The Hall–Kier alpha value is -2.09. The van der Waals surface area contributed by atoms with Crippen molar-refractivity contribution in [1.29, 1.82) is 0 Å². The monoisotopic (exact) mass is 922 g/mol. The fraction of sp³-hybridized carbons (Fsp3) is 0.769. The van der Waals surface area contributed by atoms with Crippen molar-refractivity contribution in [3.8, 4) is 11.5 Å². The summed E-state index contributed by atoms with van der Waals surface area (Å²) < 4.78 is 62.5. The molecule has 2 saturated carbocycles. The van der Waals surface area contributed by atoms with Crippen LogP contribution in [0.2, 0.25) is 0 Å². The largest absolute Gasteiger partial charge is 0.587 e. The summed E-state index contributed by atoms with van der Waals surface area (Å²) in [5.41, 5.74) is 0.941. The molecule has 13 heteroatoms. The van der Waals surface area contributed by atoms with Crippen LogP contribution in [0.5, 0.6) is 11.5 Å². The molecule has 0 amide bonds. The topological polar surface area (TPSA) is 119 Å². The van der Waals surface area contributed by atoms with Gasteiger partial charge in [0.1, 0.15) is 11.5 Å². The third-order valence-electron chi connectivity index (χ3n) is 17.7. The molecule has 2 spiro atoms. The Morgan fingerprint density at radius 2 is 1.00 bits per heavy atom. The normalized spacial score (nSPS) is 43.2. The van der Waals surface area contributed by atoms with E-state index in [9.17, 15) is 0 Å². The van der Waals surface area contributed by atoms with Crippen LogP contribution in [0.4, 0.5) is 0 Å². The molecule has 0 N–H and O–H groups in total. The van der Waals surface area contributed by atoms with Crippen LogP contribution in [-0.4, -0.2) is 54.2 Å². The number of hydrogen-bond acceptors (Lipinski definition) is 12. The lowest BCUT2D eigenvalue weighted by Gasteiger charge is -2.61. The van der Waals surface area contributed by atoms with Crippen LogP contribution in [0.25, 0.3) is 0 Å². The second-order valence-corrected chi connectivity index (χ2v) is 24.1. The van der Waals surface area contributed by atoms with Crippen molar-refractivity contribution in [3.05, 3.63) is 59.7 Å². The number of ether oxygens (including phenoxy) is 4. The Balaban J connectivity index is 0.968. The molecule has 16 atom stereocenters. The highest BCUT2D eigenvalue weighted by Crippen LogP contribution is 2.63. The lowest BCUT2D eigenvalue weighted by Crippen LogP contribution is -2.70. The number of rotatable bonds is 13. The third kappa shape index (κ3) is 8.27. The van der Waals surface area contributed by atoms with Crippen molar-refractivity contribution in [2.24, 2.45) is 53.3 Å². The molecule has 10 aliphatic rings. The molecular formula is C52H75O12P. The van der Waals surface area contributed by atoms with E-state index in [0.29, 0.717) is 48.0 Å². The lowest BCUT2D eigenvalue weighted by atomic mass is 9.56. The minimum atomic E-state index is -4.28. The standard InChI is InChI=1S/C52H75O12P/c1-30(2)37-13-17-39(18-14-37)59-65(53,60-40-19-15-38(16-20-40)31(3)4)54-29-36(27-45-34(7)43-21-11-32(5)41-23-25-49(9)57-47(55-45)51(41,43)63-61-49)28-46-35(8)44-22-12-33(6)42-24-26-50(10)58-48(56-46)52(42,44)64-62-50/h13-20,30-36,41-48H,11-12,21-29H2,1-10H3/t32-,33-,34-,35-,41+,42+,43+,44+,45-,46-,47-,48-,49+,50+,51-,52-/m1/s1. The molecule has 2 aliphatic carbocycles. The van der Waals surface area contributed by atoms with Crippen molar-refractivity contribution in [2.45, 2.75) is 193 Å². The molecule has 8 aliphatic heterocycles. The number of fused-ring (bicyclic) bond motifs is 4. The zero-order valence-electron chi connectivity index (χ0n) is 40.4. The van der Waals surface area contributed by atoms with E-state index in [4.69, 9.17) is 52.1 Å². The summed E-state index contributed by atoms with van der Waals surface area (Å²) in [6, 6.07) is 15.3. The number of phosphoric acid groups is 1. The average molecular weight is 923 g/mol. The SMILES string of the molecule is CC(C)c1ccc(OP(=O)(OCC(C[C@H]2O[C@@H]3O[C@]4(C)CC[C@H]5[C@H](C)CC[C@@H]([C@H]2C)[C@@]35OO4)C[C@H]2O[C@@H]3O[C@]4(C)CC[C@H]5[C@H](C)CC[C@@H]([C@H]2C)[C@@]35OO4)Oc2ccc(C(C)C)cc2)cc1. The molecule has 8 heterocycles. The smallest absolute Gasteiger partial charge is 0.395 e. The molecule has 360 valence electrons. The maximum atomic E-state index is 15.2. The van der Waals surface area contributed by atoms with E-state index in [0.717, 1.165) is 62.5 Å². The van der Waals surface area contributed by atoms with Crippen LogP contribution in [-0.2, 0) is 47.6 Å².